The number of anilines is 2. The normalized spacial score (nSPS) is 17.1. The summed E-state index contributed by atoms with van der Waals surface area (Å²) in [5.74, 6) is 13.1. The Balaban J connectivity index is 1.25. The summed E-state index contributed by atoms with van der Waals surface area (Å²) in [7, 11) is 3.15. The lowest BCUT2D eigenvalue weighted by atomic mass is 10.1. The van der Waals surface area contributed by atoms with Crippen LogP contribution < -0.4 is 43.8 Å². The van der Waals surface area contributed by atoms with Gasteiger partial charge in [0.25, 0.3) is 11.1 Å². The number of hydrogen-bond acceptors (Lipinski definition) is 12. The highest BCUT2D eigenvalue weighted by Crippen LogP contribution is 2.25. The highest BCUT2D eigenvalue weighted by atomic mass is 16.2. The van der Waals surface area contributed by atoms with Gasteiger partial charge in [-0.25, -0.2) is 19.6 Å². The first-order valence-electron chi connectivity index (χ1n) is 19.5. The van der Waals surface area contributed by atoms with Crippen LogP contribution in [0.3, 0.4) is 0 Å². The van der Waals surface area contributed by atoms with Crippen molar-refractivity contribution in [3.8, 4) is 23.7 Å². The van der Waals surface area contributed by atoms with Crippen molar-refractivity contribution < 1.29 is 0 Å². The zero-order valence-electron chi connectivity index (χ0n) is 33.1. The molecule has 0 unspecified atom stereocenters. The van der Waals surface area contributed by atoms with E-state index in [0.717, 1.165) is 34.8 Å². The second-order valence-electron chi connectivity index (χ2n) is 15.0. The maximum atomic E-state index is 14.5. The van der Waals surface area contributed by atoms with Crippen LogP contribution in [0.1, 0.15) is 51.0 Å². The van der Waals surface area contributed by atoms with E-state index in [4.69, 9.17) is 31.4 Å². The first kappa shape index (κ1) is 38.4. The van der Waals surface area contributed by atoms with E-state index < -0.39 is 22.5 Å². The third kappa shape index (κ3) is 6.63. The summed E-state index contributed by atoms with van der Waals surface area (Å²) < 4.78 is 8.42. The minimum atomic E-state index is -0.603. The molecule has 7 heterocycles. The smallest absolute Gasteiger partial charge is 0.332 e. The van der Waals surface area contributed by atoms with Crippen LogP contribution >= 0.6 is 0 Å². The number of aryl methyl sites for hydroxylation is 2. The van der Waals surface area contributed by atoms with E-state index in [9.17, 15) is 19.2 Å². The standard InChI is InChI=1S/C40H46N14O4/c1-5-7-19-51-31-33(45-37(51)49-17-11-13-25(41)21-49)47(3)39(57)53(35(31)55)23-29-27-15-9-10-16-28(27)43-30(44-29)24-54-36(56)32-34(48(4)40(54)58)46-38(52(32)20-8-6-2)50-18-12-14-26(42)22-50/h9-10,15-16,25-26H,11-14,17-24,41-42H2,1-4H3/t25-,26-/m1/s1. The minimum Gasteiger partial charge on any atom is -0.341 e. The molecule has 2 aliphatic heterocycles. The summed E-state index contributed by atoms with van der Waals surface area (Å²) in [5, 5.41) is 0.602. The number of hydrogen-bond donors (Lipinski definition) is 2. The van der Waals surface area contributed by atoms with Crippen LogP contribution in [0.4, 0.5) is 11.9 Å². The average molecular weight is 787 g/mol. The van der Waals surface area contributed by atoms with Crippen molar-refractivity contribution in [3.05, 3.63) is 77.5 Å². The van der Waals surface area contributed by atoms with Crippen molar-refractivity contribution in [2.75, 3.05) is 36.0 Å². The maximum Gasteiger partial charge on any atom is 0.332 e. The first-order chi connectivity index (χ1) is 28.0. The SMILES string of the molecule is CC#CCn1c(N2CCC[C@@H](N)C2)nc2c1c(=O)n(Cc1nc(Cn3c(=O)c4c(nc(N5CCC[C@@H](N)C5)n4CC#CC)n(C)c3=O)c3ccccc3n1)c(=O)n2C. The molecule has 2 fully saturated rings. The third-order valence-corrected chi connectivity index (χ3v) is 11.1. The van der Waals surface area contributed by atoms with Crippen molar-refractivity contribution in [2.24, 2.45) is 25.6 Å². The number of para-hydroxylation sites is 1. The van der Waals surface area contributed by atoms with Gasteiger partial charge in [-0.1, -0.05) is 30.0 Å². The van der Waals surface area contributed by atoms with Gasteiger partial charge in [0, 0.05) is 57.7 Å². The van der Waals surface area contributed by atoms with Crippen molar-refractivity contribution >= 4 is 45.1 Å². The van der Waals surface area contributed by atoms with Gasteiger partial charge in [-0.05, 0) is 45.6 Å². The van der Waals surface area contributed by atoms with E-state index in [2.05, 4.69) is 23.7 Å². The van der Waals surface area contributed by atoms with Crippen molar-refractivity contribution in [1.29, 1.82) is 0 Å². The van der Waals surface area contributed by atoms with Gasteiger partial charge in [-0.15, -0.1) is 11.8 Å². The average Bonchev–Trinajstić information content (AvgIpc) is 3.80. The number of rotatable bonds is 8. The second-order valence-corrected chi connectivity index (χ2v) is 15.0. The van der Waals surface area contributed by atoms with Crippen LogP contribution in [-0.4, -0.2) is 85.6 Å². The molecule has 0 spiro atoms. The topological polar surface area (TPSA) is 208 Å². The van der Waals surface area contributed by atoms with Crippen molar-refractivity contribution in [3.63, 3.8) is 0 Å². The lowest BCUT2D eigenvalue weighted by molar-refractivity contribution is 0.496. The van der Waals surface area contributed by atoms with Gasteiger partial charge in [-0.3, -0.25) is 37.0 Å². The van der Waals surface area contributed by atoms with Crippen LogP contribution in [0, 0.1) is 23.7 Å². The molecule has 18 nitrogen and oxygen atoms in total. The van der Waals surface area contributed by atoms with E-state index in [-0.39, 0.29) is 66.4 Å². The van der Waals surface area contributed by atoms with Crippen LogP contribution in [0.25, 0.3) is 33.2 Å². The lowest BCUT2D eigenvalue weighted by Crippen LogP contribution is -2.44. The number of fused-ring (bicyclic) bond motifs is 3. The van der Waals surface area contributed by atoms with Crippen molar-refractivity contribution in [2.45, 2.75) is 77.8 Å². The molecular formula is C40H46N14O4. The summed E-state index contributed by atoms with van der Waals surface area (Å²) in [4.78, 5) is 80.1. The second kappa shape index (κ2) is 15.4. The van der Waals surface area contributed by atoms with Gasteiger partial charge in [-0.2, -0.15) is 9.97 Å². The Morgan fingerprint density at radius 1 is 0.672 bits per heavy atom. The molecule has 0 aliphatic carbocycles. The molecule has 5 aromatic heterocycles. The molecule has 0 amide bonds. The number of benzene rings is 1. The molecule has 58 heavy (non-hydrogen) atoms. The third-order valence-electron chi connectivity index (χ3n) is 11.1. The number of aromatic nitrogens is 10. The molecule has 2 aliphatic rings. The van der Waals surface area contributed by atoms with E-state index in [0.29, 0.717) is 54.7 Å². The van der Waals surface area contributed by atoms with Crippen LogP contribution in [0.15, 0.2) is 43.4 Å². The Kier molecular flexibility index (Phi) is 10.2. The molecule has 0 bridgehead atoms. The molecule has 0 radical (unpaired) electrons. The monoisotopic (exact) mass is 786 g/mol. The molecule has 2 saturated heterocycles. The number of imidazole rings is 2. The highest BCUT2D eigenvalue weighted by molar-refractivity contribution is 5.81. The lowest BCUT2D eigenvalue weighted by Gasteiger charge is -2.31. The predicted octanol–water partition coefficient (Wildman–Crippen LogP) is 0.0482. The van der Waals surface area contributed by atoms with Gasteiger partial charge < -0.3 is 21.3 Å². The summed E-state index contributed by atoms with van der Waals surface area (Å²) in [6.07, 6.45) is 3.51. The summed E-state index contributed by atoms with van der Waals surface area (Å²) >= 11 is 0. The fourth-order valence-corrected chi connectivity index (χ4v) is 8.16. The first-order valence-corrected chi connectivity index (χ1v) is 19.5. The van der Waals surface area contributed by atoms with Gasteiger partial charge in [0.1, 0.15) is 5.82 Å². The Hall–Kier alpha value is -6.50. The summed E-state index contributed by atoms with van der Waals surface area (Å²) in [5.41, 5.74) is 12.1. The zero-order valence-corrected chi connectivity index (χ0v) is 33.1. The number of nitrogens with two attached hydrogens (primary N) is 2. The molecule has 1 aromatic carbocycles. The molecule has 0 saturated carbocycles. The molecule has 4 N–H and O–H groups in total. The van der Waals surface area contributed by atoms with E-state index in [1.54, 1.807) is 55.3 Å². The van der Waals surface area contributed by atoms with E-state index in [1.165, 1.54) is 9.13 Å². The van der Waals surface area contributed by atoms with Gasteiger partial charge in [0.05, 0.1) is 37.4 Å². The minimum absolute atomic E-state index is 0.0491. The largest absolute Gasteiger partial charge is 0.341 e. The van der Waals surface area contributed by atoms with Crippen LogP contribution in [0.2, 0.25) is 0 Å². The Bertz CT molecular complexity index is 2980. The Labute approximate surface area is 332 Å². The molecule has 2 atom stereocenters. The highest BCUT2D eigenvalue weighted by Gasteiger charge is 2.28. The van der Waals surface area contributed by atoms with Gasteiger partial charge in [0.15, 0.2) is 22.3 Å². The molecular weight excluding hydrogens is 741 g/mol. The molecule has 300 valence electrons. The fourth-order valence-electron chi connectivity index (χ4n) is 8.16. The Morgan fingerprint density at radius 3 is 1.67 bits per heavy atom. The number of piperidine rings is 2. The molecule has 18 heteroatoms. The maximum absolute atomic E-state index is 14.5. The summed E-state index contributed by atoms with van der Waals surface area (Å²) in [6, 6.07) is 7.10. The van der Waals surface area contributed by atoms with Crippen molar-refractivity contribution in [1.82, 2.24) is 47.3 Å². The van der Waals surface area contributed by atoms with E-state index >= 15 is 0 Å². The Morgan fingerprint density at radius 2 is 1.17 bits per heavy atom. The van der Waals surface area contributed by atoms with Gasteiger partial charge >= 0.3 is 11.4 Å². The molecule has 6 aromatic rings. The van der Waals surface area contributed by atoms with Gasteiger partial charge in [0.2, 0.25) is 11.9 Å². The van der Waals surface area contributed by atoms with Crippen LogP contribution in [-0.2, 0) is 40.3 Å². The zero-order chi connectivity index (χ0) is 40.8. The molecule has 8 rings (SSSR count). The quantitative estimate of drug-likeness (QED) is 0.196. The van der Waals surface area contributed by atoms with Crippen LogP contribution in [0.5, 0.6) is 0 Å². The fraction of sp³-hybridized carbons (Fsp3) is 0.450. The number of nitrogens with zero attached hydrogens (tertiary/aromatic N) is 12. The van der Waals surface area contributed by atoms with E-state index in [1.807, 2.05) is 15.9 Å². The summed E-state index contributed by atoms with van der Waals surface area (Å²) in [6.45, 7) is 5.83. The predicted molar refractivity (Wildman–Crippen MR) is 222 cm³/mol.